The molecule has 0 radical (unpaired) electrons. The van der Waals surface area contributed by atoms with Gasteiger partial charge in [-0.25, -0.2) is 4.79 Å². The highest BCUT2D eigenvalue weighted by Gasteiger charge is 2.17. The summed E-state index contributed by atoms with van der Waals surface area (Å²) < 4.78 is 0. The third kappa shape index (κ3) is 2.71. The maximum Gasteiger partial charge on any atom is 0.336 e. The molecule has 2 aromatic rings. The number of carboxylic acid groups (broad SMARTS) is 1. The lowest BCUT2D eigenvalue weighted by atomic mass is 9.96. The molecule has 96 valence electrons. The Balaban J connectivity index is 2.51. The molecule has 2 rings (SSSR count). The molecular weight excluding hydrogens is 240 g/mol. The second kappa shape index (κ2) is 5.06. The quantitative estimate of drug-likeness (QED) is 0.855. The highest BCUT2D eigenvalue weighted by molar-refractivity contribution is 6.14. The van der Waals surface area contributed by atoms with E-state index in [9.17, 15) is 9.59 Å². The van der Waals surface area contributed by atoms with Crippen LogP contribution in [0.5, 0.6) is 0 Å². The number of carboxylic acids is 1. The summed E-state index contributed by atoms with van der Waals surface area (Å²) in [5, 5.41) is 9.14. The Kier molecular flexibility index (Phi) is 3.47. The summed E-state index contributed by atoms with van der Waals surface area (Å²) in [7, 11) is 0. The van der Waals surface area contributed by atoms with Crippen LogP contribution in [0, 0.1) is 13.8 Å². The van der Waals surface area contributed by atoms with E-state index in [1.165, 1.54) is 6.07 Å². The molecule has 1 N–H and O–H groups in total. The first-order chi connectivity index (χ1) is 8.99. The van der Waals surface area contributed by atoms with Gasteiger partial charge in [0.25, 0.3) is 0 Å². The fraction of sp³-hybridized carbons (Fsp3) is 0.125. The van der Waals surface area contributed by atoms with Gasteiger partial charge in [0.15, 0.2) is 5.78 Å². The van der Waals surface area contributed by atoms with E-state index in [1.807, 2.05) is 26.0 Å². The SMILES string of the molecule is Cc1ccc(C(=O)c2cc(C)ccc2C(=O)O)cc1. The molecule has 0 aliphatic rings. The summed E-state index contributed by atoms with van der Waals surface area (Å²) in [4.78, 5) is 23.5. The van der Waals surface area contributed by atoms with Crippen LogP contribution in [-0.2, 0) is 0 Å². The number of aryl methyl sites for hydroxylation is 2. The van der Waals surface area contributed by atoms with Crippen LogP contribution >= 0.6 is 0 Å². The maximum absolute atomic E-state index is 12.4. The van der Waals surface area contributed by atoms with Gasteiger partial charge in [0.05, 0.1) is 5.56 Å². The number of benzene rings is 2. The topological polar surface area (TPSA) is 54.4 Å². The predicted octanol–water partition coefficient (Wildman–Crippen LogP) is 3.23. The largest absolute Gasteiger partial charge is 0.478 e. The van der Waals surface area contributed by atoms with Crippen LogP contribution in [0.25, 0.3) is 0 Å². The van der Waals surface area contributed by atoms with Crippen molar-refractivity contribution in [2.45, 2.75) is 13.8 Å². The van der Waals surface area contributed by atoms with E-state index in [-0.39, 0.29) is 16.9 Å². The monoisotopic (exact) mass is 254 g/mol. The zero-order valence-corrected chi connectivity index (χ0v) is 10.8. The molecule has 0 heterocycles. The van der Waals surface area contributed by atoms with Gasteiger partial charge in [-0.05, 0) is 26.0 Å². The molecule has 0 fully saturated rings. The third-order valence-corrected chi connectivity index (χ3v) is 2.96. The van der Waals surface area contributed by atoms with Gasteiger partial charge in [-0.15, -0.1) is 0 Å². The molecule has 0 spiro atoms. The van der Waals surface area contributed by atoms with E-state index in [4.69, 9.17) is 5.11 Å². The fourth-order valence-electron chi connectivity index (χ4n) is 1.89. The molecule has 3 heteroatoms. The van der Waals surface area contributed by atoms with Crippen LogP contribution in [0.1, 0.15) is 37.4 Å². The van der Waals surface area contributed by atoms with Crippen molar-refractivity contribution in [1.29, 1.82) is 0 Å². The number of rotatable bonds is 3. The average molecular weight is 254 g/mol. The van der Waals surface area contributed by atoms with Gasteiger partial charge in [-0.3, -0.25) is 4.79 Å². The van der Waals surface area contributed by atoms with Gasteiger partial charge in [0, 0.05) is 11.1 Å². The zero-order valence-electron chi connectivity index (χ0n) is 10.8. The van der Waals surface area contributed by atoms with Crippen LogP contribution in [0.4, 0.5) is 0 Å². The van der Waals surface area contributed by atoms with Crippen LogP contribution in [0.2, 0.25) is 0 Å². The zero-order chi connectivity index (χ0) is 14.0. The van der Waals surface area contributed by atoms with Crippen molar-refractivity contribution < 1.29 is 14.7 Å². The van der Waals surface area contributed by atoms with Gasteiger partial charge in [-0.1, -0.05) is 41.5 Å². The molecule has 0 amide bonds. The molecule has 0 bridgehead atoms. The lowest BCUT2D eigenvalue weighted by Gasteiger charge is -2.07. The predicted molar refractivity (Wildman–Crippen MR) is 72.7 cm³/mol. The van der Waals surface area contributed by atoms with E-state index >= 15 is 0 Å². The lowest BCUT2D eigenvalue weighted by molar-refractivity contribution is 0.0693. The molecule has 0 aromatic heterocycles. The first kappa shape index (κ1) is 13.0. The van der Waals surface area contributed by atoms with E-state index in [1.54, 1.807) is 24.3 Å². The second-order valence-electron chi connectivity index (χ2n) is 4.55. The Morgan fingerprint density at radius 3 is 2.00 bits per heavy atom. The van der Waals surface area contributed by atoms with E-state index in [2.05, 4.69) is 0 Å². The van der Waals surface area contributed by atoms with Crippen LogP contribution < -0.4 is 0 Å². The Hall–Kier alpha value is -2.42. The van der Waals surface area contributed by atoms with Gasteiger partial charge < -0.3 is 5.11 Å². The van der Waals surface area contributed by atoms with Crippen molar-refractivity contribution >= 4 is 11.8 Å². The number of hydrogen-bond donors (Lipinski definition) is 1. The summed E-state index contributed by atoms with van der Waals surface area (Å²) in [6.45, 7) is 3.77. The highest BCUT2D eigenvalue weighted by Crippen LogP contribution is 2.17. The van der Waals surface area contributed by atoms with Crippen LogP contribution in [-0.4, -0.2) is 16.9 Å². The van der Waals surface area contributed by atoms with Crippen molar-refractivity contribution in [1.82, 2.24) is 0 Å². The minimum Gasteiger partial charge on any atom is -0.478 e. The van der Waals surface area contributed by atoms with Crippen molar-refractivity contribution in [3.63, 3.8) is 0 Å². The van der Waals surface area contributed by atoms with Crippen molar-refractivity contribution in [3.8, 4) is 0 Å². The highest BCUT2D eigenvalue weighted by atomic mass is 16.4. The van der Waals surface area contributed by atoms with E-state index < -0.39 is 5.97 Å². The number of hydrogen-bond acceptors (Lipinski definition) is 2. The Morgan fingerprint density at radius 2 is 1.42 bits per heavy atom. The van der Waals surface area contributed by atoms with E-state index in [0.717, 1.165) is 11.1 Å². The molecule has 19 heavy (non-hydrogen) atoms. The normalized spacial score (nSPS) is 10.2. The number of carbonyl (C=O) groups is 2. The van der Waals surface area contributed by atoms with Crippen molar-refractivity contribution in [3.05, 3.63) is 70.3 Å². The van der Waals surface area contributed by atoms with Gasteiger partial charge in [0.1, 0.15) is 0 Å². The van der Waals surface area contributed by atoms with Crippen LogP contribution in [0.3, 0.4) is 0 Å². The summed E-state index contributed by atoms with van der Waals surface area (Å²) in [5.41, 5.74) is 2.69. The summed E-state index contributed by atoms with van der Waals surface area (Å²) >= 11 is 0. The molecule has 0 atom stereocenters. The summed E-state index contributed by atoms with van der Waals surface area (Å²) in [5.74, 6) is -1.35. The Labute approximate surface area is 111 Å². The van der Waals surface area contributed by atoms with E-state index in [0.29, 0.717) is 5.56 Å². The van der Waals surface area contributed by atoms with Gasteiger partial charge >= 0.3 is 5.97 Å². The maximum atomic E-state index is 12.4. The Morgan fingerprint density at radius 1 is 0.842 bits per heavy atom. The molecular formula is C16H14O3. The smallest absolute Gasteiger partial charge is 0.336 e. The molecule has 2 aromatic carbocycles. The Bertz CT molecular complexity index is 640. The fourth-order valence-corrected chi connectivity index (χ4v) is 1.89. The first-order valence-electron chi connectivity index (χ1n) is 5.94. The minimum atomic E-state index is -1.09. The lowest BCUT2D eigenvalue weighted by Crippen LogP contribution is -2.10. The molecule has 0 unspecified atom stereocenters. The molecule has 0 saturated heterocycles. The minimum absolute atomic E-state index is 0.0381. The summed E-state index contributed by atoms with van der Waals surface area (Å²) in [6, 6.07) is 11.9. The van der Waals surface area contributed by atoms with Gasteiger partial charge in [0.2, 0.25) is 0 Å². The second-order valence-corrected chi connectivity index (χ2v) is 4.55. The van der Waals surface area contributed by atoms with Crippen molar-refractivity contribution in [2.75, 3.05) is 0 Å². The average Bonchev–Trinajstić information content (AvgIpc) is 2.38. The van der Waals surface area contributed by atoms with Gasteiger partial charge in [-0.2, -0.15) is 0 Å². The van der Waals surface area contributed by atoms with Crippen LogP contribution in [0.15, 0.2) is 42.5 Å². The number of ketones is 1. The molecule has 0 aliphatic carbocycles. The number of carbonyl (C=O) groups excluding carboxylic acids is 1. The molecule has 0 saturated carbocycles. The first-order valence-corrected chi connectivity index (χ1v) is 5.94. The molecule has 3 nitrogen and oxygen atoms in total. The summed E-state index contributed by atoms with van der Waals surface area (Å²) in [6.07, 6.45) is 0. The third-order valence-electron chi connectivity index (χ3n) is 2.96. The number of aromatic carboxylic acids is 1. The standard InChI is InChI=1S/C16H14O3/c1-10-3-6-12(7-4-10)15(17)14-9-11(2)5-8-13(14)16(18)19/h3-9H,1-2H3,(H,18,19). The van der Waals surface area contributed by atoms with Crippen molar-refractivity contribution in [2.24, 2.45) is 0 Å². The molecule has 0 aliphatic heterocycles.